The van der Waals surface area contributed by atoms with Gasteiger partial charge in [-0.1, -0.05) is 23.2 Å². The van der Waals surface area contributed by atoms with Gasteiger partial charge in [-0.25, -0.2) is 4.79 Å². The molecule has 1 saturated carbocycles. The first kappa shape index (κ1) is 26.8. The second-order valence-electron chi connectivity index (χ2n) is 8.99. The second kappa shape index (κ2) is 10.9. The van der Waals surface area contributed by atoms with Crippen LogP contribution in [0.2, 0.25) is 10.0 Å². The molecule has 3 aliphatic rings. The van der Waals surface area contributed by atoms with Crippen molar-refractivity contribution in [1.29, 1.82) is 0 Å². The third kappa shape index (κ3) is 6.90. The molecule has 0 radical (unpaired) electrons. The van der Waals surface area contributed by atoms with Crippen LogP contribution in [0.1, 0.15) is 25.7 Å². The molecule has 1 amide bonds. The fraction of sp³-hybridized carbons (Fsp3) is 0.636. The third-order valence-corrected chi connectivity index (χ3v) is 7.43. The molecule has 2 saturated heterocycles. The van der Waals surface area contributed by atoms with Gasteiger partial charge in [-0.3, -0.25) is 4.79 Å². The summed E-state index contributed by atoms with van der Waals surface area (Å²) in [4.78, 5) is 27.8. The maximum Gasteiger partial charge on any atom is 0.490 e. The van der Waals surface area contributed by atoms with E-state index < -0.39 is 12.1 Å². The number of piperazine rings is 1. The average molecular weight is 526 g/mol. The van der Waals surface area contributed by atoms with E-state index in [0.717, 1.165) is 57.8 Å². The lowest BCUT2D eigenvalue weighted by Gasteiger charge is -2.38. The van der Waals surface area contributed by atoms with Crippen molar-refractivity contribution in [2.45, 2.75) is 38.0 Å². The smallest absolute Gasteiger partial charge is 0.475 e. The van der Waals surface area contributed by atoms with Gasteiger partial charge in [-0.2, -0.15) is 13.2 Å². The molecule has 1 atom stereocenters. The molecule has 0 aromatic heterocycles. The van der Waals surface area contributed by atoms with E-state index in [2.05, 4.69) is 9.80 Å². The molecule has 1 spiro atoms. The van der Waals surface area contributed by atoms with E-state index in [1.54, 1.807) is 6.07 Å². The zero-order chi connectivity index (χ0) is 25.1. The Morgan fingerprint density at radius 1 is 1.09 bits per heavy atom. The number of nitrogens with zero attached hydrogens (tertiary/aromatic N) is 3. The predicted octanol–water partition coefficient (Wildman–Crippen LogP) is 3.51. The number of aliphatic hydroxyl groups excluding tert-OH is 1. The average Bonchev–Trinajstić information content (AvgIpc) is 3.54. The zero-order valence-electron chi connectivity index (χ0n) is 18.5. The summed E-state index contributed by atoms with van der Waals surface area (Å²) in [6.07, 6.45) is -0.782. The van der Waals surface area contributed by atoms with Gasteiger partial charge in [0.05, 0.1) is 22.7 Å². The van der Waals surface area contributed by atoms with Crippen molar-refractivity contribution in [3.05, 3.63) is 28.2 Å². The number of amides is 1. The van der Waals surface area contributed by atoms with Gasteiger partial charge >= 0.3 is 12.1 Å². The molecule has 4 rings (SSSR count). The highest BCUT2D eigenvalue weighted by Gasteiger charge is 2.51. The third-order valence-electron chi connectivity index (χ3n) is 6.69. The highest BCUT2D eigenvalue weighted by molar-refractivity contribution is 6.42. The maximum atomic E-state index is 12.5. The number of hydrogen-bond acceptors (Lipinski definition) is 5. The minimum Gasteiger partial charge on any atom is -0.475 e. The number of benzene rings is 1. The van der Waals surface area contributed by atoms with E-state index in [0.29, 0.717) is 16.6 Å². The summed E-state index contributed by atoms with van der Waals surface area (Å²) < 4.78 is 31.7. The number of anilines is 1. The molecule has 34 heavy (non-hydrogen) atoms. The molecule has 1 aromatic carbocycles. The van der Waals surface area contributed by atoms with Gasteiger partial charge in [0.15, 0.2) is 0 Å². The number of piperidine rings is 1. The van der Waals surface area contributed by atoms with Crippen LogP contribution in [0.5, 0.6) is 0 Å². The lowest BCUT2D eigenvalue weighted by molar-refractivity contribution is -0.192. The molecule has 190 valence electrons. The van der Waals surface area contributed by atoms with Gasteiger partial charge in [0, 0.05) is 31.9 Å². The first-order valence-electron chi connectivity index (χ1n) is 11.1. The standard InChI is InChI=1S/C20H27Cl2N3O2.C2HF3O2/c21-16-3-2-15(12-17(16)22)25-11-10-24(19(27)14-25)8-1-7-23-9-6-20(4-5-20)18(26)13-23;3-2(4,5)1(6)7/h2-3,12,18,26H,1,4-11,13-14H2;(H,6,7)/t18-;/m1./s1. The van der Waals surface area contributed by atoms with Gasteiger partial charge < -0.3 is 24.9 Å². The highest BCUT2D eigenvalue weighted by atomic mass is 35.5. The zero-order valence-corrected chi connectivity index (χ0v) is 20.0. The van der Waals surface area contributed by atoms with Crippen LogP contribution in [0, 0.1) is 5.41 Å². The van der Waals surface area contributed by atoms with Crippen LogP contribution in [0.4, 0.5) is 18.9 Å². The van der Waals surface area contributed by atoms with Crippen molar-refractivity contribution in [3.63, 3.8) is 0 Å². The molecule has 0 unspecified atom stereocenters. The van der Waals surface area contributed by atoms with Crippen LogP contribution in [0.3, 0.4) is 0 Å². The van der Waals surface area contributed by atoms with E-state index in [4.69, 9.17) is 33.1 Å². The largest absolute Gasteiger partial charge is 0.490 e. The van der Waals surface area contributed by atoms with Crippen LogP contribution in [-0.4, -0.2) is 90.0 Å². The molecular weight excluding hydrogens is 498 g/mol. The number of alkyl halides is 3. The number of rotatable bonds is 5. The molecule has 1 aromatic rings. The number of aliphatic carboxylic acids is 1. The Hall–Kier alpha value is -1.75. The van der Waals surface area contributed by atoms with E-state index in [-0.39, 0.29) is 17.4 Å². The molecule has 2 heterocycles. The molecule has 3 fully saturated rings. The summed E-state index contributed by atoms with van der Waals surface area (Å²) in [6, 6.07) is 5.50. The van der Waals surface area contributed by atoms with Crippen LogP contribution in [0.25, 0.3) is 0 Å². The first-order valence-corrected chi connectivity index (χ1v) is 11.9. The second-order valence-corrected chi connectivity index (χ2v) is 9.80. The minimum atomic E-state index is -5.08. The number of halogens is 5. The van der Waals surface area contributed by atoms with Crippen molar-refractivity contribution in [2.24, 2.45) is 5.41 Å². The summed E-state index contributed by atoms with van der Waals surface area (Å²) in [6.45, 7) is 5.51. The van der Waals surface area contributed by atoms with E-state index in [9.17, 15) is 23.1 Å². The number of hydrogen-bond donors (Lipinski definition) is 2. The van der Waals surface area contributed by atoms with Gasteiger partial charge in [0.25, 0.3) is 0 Å². The molecule has 2 aliphatic heterocycles. The summed E-state index contributed by atoms with van der Waals surface area (Å²) in [5, 5.41) is 18.5. The summed E-state index contributed by atoms with van der Waals surface area (Å²) >= 11 is 12.1. The number of carbonyl (C=O) groups excluding carboxylic acids is 1. The van der Waals surface area contributed by atoms with Crippen molar-refractivity contribution in [3.8, 4) is 0 Å². The van der Waals surface area contributed by atoms with Crippen molar-refractivity contribution >= 4 is 40.8 Å². The van der Waals surface area contributed by atoms with Crippen LogP contribution in [0.15, 0.2) is 18.2 Å². The number of carboxylic acid groups (broad SMARTS) is 1. The van der Waals surface area contributed by atoms with Crippen LogP contribution >= 0.6 is 23.2 Å². The number of carboxylic acids is 1. The van der Waals surface area contributed by atoms with Crippen molar-refractivity contribution < 1.29 is 33.0 Å². The van der Waals surface area contributed by atoms with E-state index >= 15 is 0 Å². The molecule has 0 bridgehead atoms. The summed E-state index contributed by atoms with van der Waals surface area (Å²) in [7, 11) is 0. The van der Waals surface area contributed by atoms with Crippen molar-refractivity contribution in [1.82, 2.24) is 9.80 Å². The van der Waals surface area contributed by atoms with E-state index in [1.807, 2.05) is 17.0 Å². The Kier molecular flexibility index (Phi) is 8.60. The Bertz CT molecular complexity index is 899. The SMILES string of the molecule is O=C(O)C(F)(F)F.O=C1CN(c2ccc(Cl)c(Cl)c2)CCN1CCCN1CCC2(CC2)[C@H](O)C1. The van der Waals surface area contributed by atoms with Crippen molar-refractivity contribution in [2.75, 3.05) is 50.7 Å². The molecule has 2 N–H and O–H groups in total. The number of likely N-dealkylation sites (tertiary alicyclic amines) is 1. The summed E-state index contributed by atoms with van der Waals surface area (Å²) in [5.74, 6) is -2.60. The molecule has 12 heteroatoms. The number of aliphatic hydroxyl groups is 1. The fourth-order valence-corrected chi connectivity index (χ4v) is 4.65. The Labute approximate surface area is 206 Å². The summed E-state index contributed by atoms with van der Waals surface area (Å²) in [5.41, 5.74) is 1.20. The fourth-order valence-electron chi connectivity index (χ4n) is 4.36. The topological polar surface area (TPSA) is 84.3 Å². The van der Waals surface area contributed by atoms with E-state index in [1.165, 1.54) is 12.8 Å². The Morgan fingerprint density at radius 2 is 1.76 bits per heavy atom. The quantitative estimate of drug-likeness (QED) is 0.611. The molecule has 1 aliphatic carbocycles. The monoisotopic (exact) mass is 525 g/mol. The number of β-amino-alcohol motifs (C(OH)–C–C–N with tert-alkyl or cyclic N) is 1. The van der Waals surface area contributed by atoms with Gasteiger partial charge in [0.2, 0.25) is 5.91 Å². The Balaban J connectivity index is 0.000000406. The predicted molar refractivity (Wildman–Crippen MR) is 122 cm³/mol. The van der Waals surface area contributed by atoms with Gasteiger partial charge in [0.1, 0.15) is 0 Å². The minimum absolute atomic E-state index is 0.155. The maximum absolute atomic E-state index is 12.5. The van der Waals surface area contributed by atoms with Crippen LogP contribution < -0.4 is 4.90 Å². The van der Waals surface area contributed by atoms with Gasteiger partial charge in [-0.05, 0) is 62.4 Å². The normalized spacial score (nSPS) is 22.4. The highest BCUT2D eigenvalue weighted by Crippen LogP contribution is 2.53. The number of carbonyl (C=O) groups is 2. The molecule has 7 nitrogen and oxygen atoms in total. The lowest BCUT2D eigenvalue weighted by Crippen LogP contribution is -2.51. The molecular formula is C22H28Cl2F3N3O4. The lowest BCUT2D eigenvalue weighted by atomic mass is 9.90. The Morgan fingerprint density at radius 3 is 2.29 bits per heavy atom. The van der Waals surface area contributed by atoms with Crippen LogP contribution in [-0.2, 0) is 9.59 Å². The first-order chi connectivity index (χ1) is 15.9. The van der Waals surface area contributed by atoms with Gasteiger partial charge in [-0.15, -0.1) is 0 Å².